The molecule has 10 bridgehead atoms. The number of anilines is 6. The van der Waals surface area contributed by atoms with Crippen molar-refractivity contribution in [1.29, 1.82) is 0 Å². The summed E-state index contributed by atoms with van der Waals surface area (Å²) in [5, 5.41) is 12.4. The van der Waals surface area contributed by atoms with Crippen LogP contribution in [0.2, 0.25) is 0 Å². The largest absolute Gasteiger partial charge is 0.456 e. The Bertz CT molecular complexity index is 7920. The van der Waals surface area contributed by atoms with Gasteiger partial charge in [0, 0.05) is 150 Å². The van der Waals surface area contributed by atoms with Gasteiger partial charge in [-0.25, -0.2) is 0 Å². The van der Waals surface area contributed by atoms with Crippen molar-refractivity contribution in [1.82, 2.24) is 19.3 Å². The van der Waals surface area contributed by atoms with Crippen molar-refractivity contribution >= 4 is 144 Å². The standard InChI is InChI=1S/C26H26N2O.C26H26N2.2C25H24N2O.C22H26N2O/c1-16-14-26-21(20-10-6-7-11-25(20)29-26)15-24(16)28-17(2)27(3)22-12-13-23(28)19-9-5-4-8-18(19)22;1-17-14-26-23(16-25(17)27-18(2)19-12-13-21(27)15-19)22-10-6-7-11-24(22)28(26)20-8-4-3-5-9-20;1-16-13-25-21(20-8-4-6-10-24(20)28-25)15-23(16)27-17(2)26-12-11-19(27)14-18-7-3-5-9-22(18)26;1-16-13-25-21(20-9-5-6-10-24(20)28-25)14-23(16)27-17(2)26-12-11-22(27)19-8-4-3-7-18(19)15-26;1-14-12-22-19(18-6-4-5-7-21(18)25-22)13-20(14)24-15(2)23(3)16-8-10-17(24)11-9-16/h4-11,14-15,17,22-23H,12-13H2,1-3H3;3-11,14,16,18-19,21H,12-13,15H2,1-2H3;3-10,13,15,17,19H,11-12,14H2,1-2H3;3-10,13-14,17,22H,11-12,15H2,1-2H3;4-7,12-13,15-17H,8-11H2,1-3H3. The highest BCUT2D eigenvalue weighted by molar-refractivity contribution is 6.12. The van der Waals surface area contributed by atoms with Gasteiger partial charge >= 0.3 is 0 Å². The SMILES string of the molecule is Cc1cc2c(cc1N1C3CCC(C3)C1C)c1ccccc1n2-c1ccccc1.Cc1cc2oc3ccccc3c2cc1N1C2CCC(CC2)N(C)C1C.Cc1cc2oc3ccccc3c2cc1N1C2CCC(c3ccccc32)N(C)C1C.Cc1cc2oc3ccccc3c2cc1N1C2CCN(Cc3ccccc32)C1C.Cc1cc2oc3ccccc3c2cc1N1C2CCN(c3ccccc3C2)C1C. The predicted octanol–water partition coefficient (Wildman–Crippen LogP) is 30.2. The number of hydrogen-bond acceptors (Lipinski definition) is 13. The summed E-state index contributed by atoms with van der Waals surface area (Å²) in [5.74, 6) is 0.880. The van der Waals surface area contributed by atoms with Gasteiger partial charge in [0.25, 0.3) is 0 Å². The first kappa shape index (κ1) is 86.4. The molecule has 5 aromatic heterocycles. The van der Waals surface area contributed by atoms with Crippen LogP contribution in [0.3, 0.4) is 0 Å². The molecule has 11 aliphatic heterocycles. The summed E-state index contributed by atoms with van der Waals surface area (Å²) in [4.78, 5) is 23.7. The van der Waals surface area contributed by atoms with Crippen LogP contribution in [-0.2, 0) is 13.0 Å². The minimum Gasteiger partial charge on any atom is -0.456 e. The van der Waals surface area contributed by atoms with Gasteiger partial charge in [-0.2, -0.15) is 0 Å². The number of hydrogen-bond donors (Lipinski definition) is 0. The van der Waals surface area contributed by atoms with Crippen LogP contribution >= 0.6 is 0 Å². The molecule has 0 amide bonds. The maximum Gasteiger partial charge on any atom is 0.135 e. The smallest absolute Gasteiger partial charge is 0.135 e. The Kier molecular flexibility index (Phi) is 21.5. The van der Waals surface area contributed by atoms with Crippen LogP contribution in [0.15, 0.2) is 303 Å². The van der Waals surface area contributed by atoms with Crippen LogP contribution in [0, 0.1) is 40.5 Å². The molecule has 12 unspecified atom stereocenters. The number of furan rings is 4. The van der Waals surface area contributed by atoms with Crippen LogP contribution < -0.4 is 29.4 Å². The van der Waals surface area contributed by atoms with Gasteiger partial charge in [-0.1, -0.05) is 176 Å². The van der Waals surface area contributed by atoms with E-state index in [1.54, 1.807) is 0 Å². The molecule has 14 nitrogen and oxygen atoms in total. The molecule has 0 radical (unpaired) electrons. The summed E-state index contributed by atoms with van der Waals surface area (Å²) < 4.78 is 26.9. The highest BCUT2D eigenvalue weighted by Crippen LogP contribution is 2.54. The lowest BCUT2D eigenvalue weighted by Gasteiger charge is -2.47. The lowest BCUT2D eigenvalue weighted by Crippen LogP contribution is -2.56. The lowest BCUT2D eigenvalue weighted by atomic mass is 9.84. The molecular weight excluding hydrogens is 1690 g/mol. The van der Waals surface area contributed by atoms with E-state index in [0.717, 1.165) is 88.7 Å². The molecule has 0 N–H and O–H groups in total. The fraction of sp³-hybridized carbons (Fsp3) is 0.323. The average molecular weight is 1820 g/mol. The quantitative estimate of drug-likeness (QED) is 0.159. The molecule has 14 heteroatoms. The maximum absolute atomic E-state index is 6.14. The van der Waals surface area contributed by atoms with E-state index in [1.807, 2.05) is 24.3 Å². The zero-order valence-corrected chi connectivity index (χ0v) is 81.9. The molecule has 138 heavy (non-hydrogen) atoms. The van der Waals surface area contributed by atoms with Crippen LogP contribution in [-0.4, -0.2) is 101 Å². The number of rotatable bonds is 6. The van der Waals surface area contributed by atoms with Crippen molar-refractivity contribution in [3.8, 4) is 5.69 Å². The van der Waals surface area contributed by atoms with Gasteiger partial charge in [-0.3, -0.25) is 14.7 Å². The van der Waals surface area contributed by atoms with E-state index < -0.39 is 0 Å². The molecule has 6 saturated heterocycles. The van der Waals surface area contributed by atoms with Crippen molar-refractivity contribution in [2.45, 2.75) is 226 Å². The van der Waals surface area contributed by atoms with E-state index in [-0.39, 0.29) is 0 Å². The third kappa shape index (κ3) is 14.3. The number of benzene rings is 14. The number of nitrogens with zero attached hydrogens (tertiary/aromatic N) is 10. The van der Waals surface area contributed by atoms with Gasteiger partial charge in [-0.15, -0.1) is 0 Å². The predicted molar refractivity (Wildman–Crippen MR) is 573 cm³/mol. The molecule has 696 valence electrons. The topological polar surface area (TPSA) is 86.7 Å². The second-order valence-corrected chi connectivity index (χ2v) is 41.8. The fourth-order valence-corrected chi connectivity index (χ4v) is 27.3. The Labute approximate surface area is 810 Å². The molecule has 16 heterocycles. The summed E-state index contributed by atoms with van der Waals surface area (Å²) >= 11 is 0. The van der Waals surface area contributed by atoms with E-state index >= 15 is 0 Å². The zero-order chi connectivity index (χ0) is 93.3. The van der Waals surface area contributed by atoms with Crippen molar-refractivity contribution in [3.05, 3.63) is 341 Å². The van der Waals surface area contributed by atoms with Crippen molar-refractivity contribution in [3.63, 3.8) is 0 Å². The van der Waals surface area contributed by atoms with Gasteiger partial charge in [0.2, 0.25) is 0 Å². The Morgan fingerprint density at radius 2 is 0.688 bits per heavy atom. The lowest BCUT2D eigenvalue weighted by molar-refractivity contribution is 0.154. The Morgan fingerprint density at radius 3 is 1.25 bits per heavy atom. The molecule has 33 rings (SSSR count). The highest BCUT2D eigenvalue weighted by Gasteiger charge is 2.47. The molecule has 3 aliphatic carbocycles. The van der Waals surface area contributed by atoms with Crippen LogP contribution in [0.5, 0.6) is 0 Å². The van der Waals surface area contributed by atoms with Crippen molar-refractivity contribution in [2.24, 2.45) is 5.92 Å². The van der Waals surface area contributed by atoms with Gasteiger partial charge in [0.05, 0.1) is 47.8 Å². The Balaban J connectivity index is 0.0000000915. The molecule has 14 aliphatic rings. The number of fused-ring (bicyclic) bond motifs is 28. The molecule has 14 aromatic carbocycles. The van der Waals surface area contributed by atoms with E-state index in [0.29, 0.717) is 60.9 Å². The first-order chi connectivity index (χ1) is 67.4. The number of aryl methyl sites for hydroxylation is 5. The van der Waals surface area contributed by atoms with Crippen LogP contribution in [0.25, 0.3) is 115 Å². The van der Waals surface area contributed by atoms with E-state index in [2.05, 4.69) is 393 Å². The second-order valence-electron chi connectivity index (χ2n) is 41.8. The van der Waals surface area contributed by atoms with Crippen LogP contribution in [0.1, 0.15) is 179 Å². The summed E-state index contributed by atoms with van der Waals surface area (Å²) in [5.41, 5.74) is 33.9. The Morgan fingerprint density at radius 1 is 0.268 bits per heavy atom. The summed E-state index contributed by atoms with van der Waals surface area (Å²) in [6, 6.07) is 108. The molecular formula is C124H126N10O4. The van der Waals surface area contributed by atoms with E-state index in [4.69, 9.17) is 17.7 Å². The summed E-state index contributed by atoms with van der Waals surface area (Å²) in [7, 11) is 4.59. The maximum atomic E-state index is 6.14. The fourth-order valence-electron chi connectivity index (χ4n) is 27.3. The number of aromatic nitrogens is 1. The van der Waals surface area contributed by atoms with Gasteiger partial charge in [-0.05, 0) is 331 Å². The third-order valence-electron chi connectivity index (χ3n) is 34.5. The molecule has 8 fully saturated rings. The first-order valence-corrected chi connectivity index (χ1v) is 51.3. The van der Waals surface area contributed by atoms with Crippen LogP contribution in [0.4, 0.5) is 34.1 Å². The number of para-hydroxylation sites is 7. The number of piperidine rings is 1. The highest BCUT2D eigenvalue weighted by atomic mass is 16.3. The van der Waals surface area contributed by atoms with Crippen molar-refractivity contribution < 1.29 is 17.7 Å². The summed E-state index contributed by atoms with van der Waals surface area (Å²) in [6.07, 6.45) is 16.8. The van der Waals surface area contributed by atoms with E-state index in [9.17, 15) is 0 Å². The monoisotopic (exact) mass is 1820 g/mol. The molecule has 12 atom stereocenters. The van der Waals surface area contributed by atoms with Gasteiger partial charge in [0.1, 0.15) is 44.7 Å². The van der Waals surface area contributed by atoms with Gasteiger partial charge < -0.3 is 51.6 Å². The minimum absolute atomic E-state index is 0.328. The first-order valence-electron chi connectivity index (χ1n) is 51.3. The molecule has 2 saturated carbocycles. The second kappa shape index (κ2) is 34.4. The third-order valence-corrected chi connectivity index (χ3v) is 34.5. The normalized spacial score (nSPS) is 24.1. The average Bonchev–Trinajstić information content (AvgIpc) is 1.70. The van der Waals surface area contributed by atoms with E-state index in [1.165, 1.54) is 231 Å². The van der Waals surface area contributed by atoms with Gasteiger partial charge in [0.15, 0.2) is 0 Å². The molecule has 0 spiro atoms. The zero-order valence-electron chi connectivity index (χ0n) is 81.9. The summed E-state index contributed by atoms with van der Waals surface area (Å²) in [6.45, 7) is 26.4. The minimum atomic E-state index is 0.328. The van der Waals surface area contributed by atoms with Crippen molar-refractivity contribution in [2.75, 3.05) is 56.6 Å². The molecule has 19 aromatic rings. The Hall–Kier alpha value is -13.2.